The minimum absolute atomic E-state index is 0.146. The van der Waals surface area contributed by atoms with E-state index in [1.54, 1.807) is 33.9 Å². The van der Waals surface area contributed by atoms with Crippen LogP contribution in [0.2, 0.25) is 0 Å². The van der Waals surface area contributed by atoms with E-state index in [2.05, 4.69) is 27.4 Å². The predicted octanol–water partition coefficient (Wildman–Crippen LogP) is 2.90. The van der Waals surface area contributed by atoms with E-state index in [0.29, 0.717) is 18.7 Å². The van der Waals surface area contributed by atoms with E-state index in [4.69, 9.17) is 0 Å². The van der Waals surface area contributed by atoms with Gasteiger partial charge in [-0.3, -0.25) is 9.48 Å². The molecular weight excluding hydrogens is 362 g/mol. The van der Waals surface area contributed by atoms with Crippen LogP contribution in [-0.2, 0) is 6.54 Å². The number of aromatic nitrogens is 4. The highest BCUT2D eigenvalue weighted by molar-refractivity contribution is 5.95. The topological polar surface area (TPSA) is 64.7 Å². The largest absolute Gasteiger partial charge is 0.350 e. The van der Waals surface area contributed by atoms with Gasteiger partial charge in [-0.25, -0.2) is 4.68 Å². The predicted molar refractivity (Wildman–Crippen MR) is 111 cm³/mol. The molecular formula is C23H19N5O. The Hall–Kier alpha value is -4.11. The third kappa shape index (κ3) is 4.60. The van der Waals surface area contributed by atoms with Gasteiger partial charge in [0.25, 0.3) is 5.91 Å². The van der Waals surface area contributed by atoms with Crippen LogP contribution in [0.4, 0.5) is 0 Å². The zero-order valence-electron chi connectivity index (χ0n) is 15.7. The SMILES string of the molecule is O=C(NCCn1cccn1)c1ccc(-n2cccn2)c(C#Cc2ccccc2)c1. The van der Waals surface area contributed by atoms with Gasteiger partial charge >= 0.3 is 0 Å². The van der Waals surface area contributed by atoms with E-state index >= 15 is 0 Å². The van der Waals surface area contributed by atoms with Crippen molar-refractivity contribution in [2.24, 2.45) is 0 Å². The van der Waals surface area contributed by atoms with Gasteiger partial charge in [0.05, 0.1) is 17.8 Å². The molecule has 0 aliphatic carbocycles. The highest BCUT2D eigenvalue weighted by Gasteiger charge is 2.10. The number of hydrogen-bond acceptors (Lipinski definition) is 3. The first-order valence-electron chi connectivity index (χ1n) is 9.26. The molecule has 29 heavy (non-hydrogen) atoms. The normalized spacial score (nSPS) is 10.2. The summed E-state index contributed by atoms with van der Waals surface area (Å²) in [7, 11) is 0. The molecule has 4 aromatic rings. The molecule has 0 aliphatic rings. The summed E-state index contributed by atoms with van der Waals surface area (Å²) < 4.78 is 3.52. The van der Waals surface area contributed by atoms with Crippen molar-refractivity contribution in [3.8, 4) is 17.5 Å². The van der Waals surface area contributed by atoms with E-state index in [1.807, 2.05) is 60.9 Å². The third-order valence-electron chi connectivity index (χ3n) is 4.31. The summed E-state index contributed by atoms with van der Waals surface area (Å²) in [6.07, 6.45) is 7.15. The minimum atomic E-state index is -0.146. The van der Waals surface area contributed by atoms with Crippen LogP contribution in [0.15, 0.2) is 85.5 Å². The van der Waals surface area contributed by atoms with Crippen molar-refractivity contribution in [3.63, 3.8) is 0 Å². The first kappa shape index (κ1) is 18.3. The number of benzene rings is 2. The van der Waals surface area contributed by atoms with Crippen molar-refractivity contribution in [3.05, 3.63) is 102 Å². The Kier molecular flexibility index (Phi) is 5.49. The van der Waals surface area contributed by atoms with Gasteiger partial charge in [-0.15, -0.1) is 0 Å². The van der Waals surface area contributed by atoms with Gasteiger partial charge in [0.1, 0.15) is 0 Å². The molecule has 0 aliphatic heterocycles. The number of amides is 1. The van der Waals surface area contributed by atoms with Crippen LogP contribution in [0.25, 0.3) is 5.69 Å². The monoisotopic (exact) mass is 381 g/mol. The lowest BCUT2D eigenvalue weighted by Gasteiger charge is -2.09. The molecule has 0 saturated heterocycles. The second-order valence-corrected chi connectivity index (χ2v) is 6.32. The Bertz CT molecular complexity index is 1140. The summed E-state index contributed by atoms with van der Waals surface area (Å²) in [5.74, 6) is 6.20. The molecule has 4 rings (SSSR count). The number of carbonyl (C=O) groups is 1. The van der Waals surface area contributed by atoms with Gasteiger partial charge in [0.15, 0.2) is 0 Å². The number of hydrogen-bond donors (Lipinski definition) is 1. The van der Waals surface area contributed by atoms with Crippen LogP contribution >= 0.6 is 0 Å². The maximum Gasteiger partial charge on any atom is 0.251 e. The van der Waals surface area contributed by atoms with Gasteiger partial charge < -0.3 is 5.32 Å². The second-order valence-electron chi connectivity index (χ2n) is 6.32. The molecule has 2 heterocycles. The van der Waals surface area contributed by atoms with Crippen LogP contribution in [0, 0.1) is 11.8 Å². The molecule has 142 valence electrons. The van der Waals surface area contributed by atoms with Crippen molar-refractivity contribution < 1.29 is 4.79 Å². The molecule has 0 atom stereocenters. The number of rotatable bonds is 5. The molecule has 6 heteroatoms. The first-order chi connectivity index (χ1) is 14.3. The van der Waals surface area contributed by atoms with Gasteiger partial charge in [-0.05, 0) is 42.5 Å². The molecule has 1 N–H and O–H groups in total. The average molecular weight is 381 g/mol. The fourth-order valence-electron chi connectivity index (χ4n) is 2.87. The molecule has 0 unspecified atom stereocenters. The molecule has 0 fully saturated rings. The van der Waals surface area contributed by atoms with Crippen LogP contribution in [0.1, 0.15) is 21.5 Å². The van der Waals surface area contributed by atoms with Crippen molar-refractivity contribution in [2.45, 2.75) is 6.54 Å². The molecule has 6 nitrogen and oxygen atoms in total. The minimum Gasteiger partial charge on any atom is -0.350 e. The van der Waals surface area contributed by atoms with Crippen molar-refractivity contribution in [2.75, 3.05) is 6.54 Å². The smallest absolute Gasteiger partial charge is 0.251 e. The molecule has 0 bridgehead atoms. The molecule has 0 spiro atoms. The van der Waals surface area contributed by atoms with Crippen LogP contribution in [0.5, 0.6) is 0 Å². The highest BCUT2D eigenvalue weighted by Crippen LogP contribution is 2.16. The zero-order valence-corrected chi connectivity index (χ0v) is 15.7. The zero-order chi connectivity index (χ0) is 19.9. The van der Waals surface area contributed by atoms with Crippen molar-refractivity contribution in [1.82, 2.24) is 24.9 Å². The van der Waals surface area contributed by atoms with E-state index in [1.165, 1.54) is 0 Å². The lowest BCUT2D eigenvalue weighted by atomic mass is 10.1. The highest BCUT2D eigenvalue weighted by atomic mass is 16.1. The van der Waals surface area contributed by atoms with E-state index in [0.717, 1.165) is 16.8 Å². The van der Waals surface area contributed by atoms with Crippen LogP contribution in [0.3, 0.4) is 0 Å². The summed E-state index contributed by atoms with van der Waals surface area (Å²) in [4.78, 5) is 12.6. The van der Waals surface area contributed by atoms with E-state index in [9.17, 15) is 4.79 Å². The van der Waals surface area contributed by atoms with Gasteiger partial charge in [0, 0.05) is 42.5 Å². The molecule has 2 aromatic heterocycles. The van der Waals surface area contributed by atoms with Gasteiger partial charge in [-0.2, -0.15) is 10.2 Å². The lowest BCUT2D eigenvalue weighted by Crippen LogP contribution is -2.27. The maximum absolute atomic E-state index is 12.6. The fourth-order valence-corrected chi connectivity index (χ4v) is 2.87. The standard InChI is InChI=1S/C23H19N5O/c29-23(24-14-17-27-15-4-12-25-27)21-10-11-22(28-16-5-13-26-28)20(18-21)9-8-19-6-2-1-3-7-19/h1-7,10-13,15-16,18H,14,17H2,(H,24,29). The number of carbonyl (C=O) groups excluding carboxylic acids is 1. The van der Waals surface area contributed by atoms with Gasteiger partial charge in [-0.1, -0.05) is 30.0 Å². The van der Waals surface area contributed by atoms with Crippen LogP contribution < -0.4 is 5.32 Å². The summed E-state index contributed by atoms with van der Waals surface area (Å²) >= 11 is 0. The Morgan fingerprint density at radius 2 is 1.76 bits per heavy atom. The summed E-state index contributed by atoms with van der Waals surface area (Å²) in [6, 6.07) is 18.9. The summed E-state index contributed by atoms with van der Waals surface area (Å²) in [6.45, 7) is 1.11. The second kappa shape index (κ2) is 8.72. The number of nitrogens with zero attached hydrogens (tertiary/aromatic N) is 4. The molecule has 1 amide bonds. The average Bonchev–Trinajstić information content (AvgIpc) is 3.47. The summed E-state index contributed by atoms with van der Waals surface area (Å²) in [5, 5.41) is 11.3. The quantitative estimate of drug-likeness (QED) is 0.541. The first-order valence-corrected chi connectivity index (χ1v) is 9.26. The lowest BCUT2D eigenvalue weighted by molar-refractivity contribution is 0.0952. The molecule has 0 radical (unpaired) electrons. The van der Waals surface area contributed by atoms with Crippen molar-refractivity contribution >= 4 is 5.91 Å². The van der Waals surface area contributed by atoms with Crippen LogP contribution in [-0.4, -0.2) is 32.0 Å². The maximum atomic E-state index is 12.6. The third-order valence-corrected chi connectivity index (χ3v) is 4.31. The Labute approximate surface area is 168 Å². The Morgan fingerprint density at radius 1 is 0.931 bits per heavy atom. The molecule has 2 aromatic carbocycles. The Morgan fingerprint density at radius 3 is 2.52 bits per heavy atom. The van der Waals surface area contributed by atoms with Crippen molar-refractivity contribution in [1.29, 1.82) is 0 Å². The van der Waals surface area contributed by atoms with E-state index < -0.39 is 0 Å². The molecule has 0 saturated carbocycles. The summed E-state index contributed by atoms with van der Waals surface area (Å²) in [5.41, 5.74) is 3.02. The fraction of sp³-hybridized carbons (Fsp3) is 0.0870. The van der Waals surface area contributed by atoms with Gasteiger partial charge in [0.2, 0.25) is 0 Å². The Balaban J connectivity index is 1.57. The van der Waals surface area contributed by atoms with E-state index in [-0.39, 0.29) is 5.91 Å². The number of nitrogens with one attached hydrogen (secondary N) is 1.